The third-order valence-corrected chi connectivity index (χ3v) is 7.00. The molecule has 0 radical (unpaired) electrons. The normalized spacial score (nSPS) is 17.9. The van der Waals surface area contributed by atoms with Crippen LogP contribution in [0.1, 0.15) is 57.1 Å². The van der Waals surface area contributed by atoms with E-state index in [0.29, 0.717) is 58.4 Å². The van der Waals surface area contributed by atoms with Crippen LogP contribution in [-0.2, 0) is 14.9 Å². The molecule has 1 aromatic heterocycles. The number of allylic oxidation sites excluding steroid dienone is 3. The standard InChI is InChI=1S/C30H28N2O5/c1-30(2,3)22-14-17(25-21(15-31)28(32)36-24-7-5-6-23(33)26(24)25)12-18-13-20(29(34)37-27(18)22)16-8-10-19(35-4)11-9-16/h8-14,25H,5-7,32H2,1-4H3. The number of benzene rings is 2. The monoisotopic (exact) mass is 496 g/mol. The summed E-state index contributed by atoms with van der Waals surface area (Å²) in [6.45, 7) is 6.08. The first-order chi connectivity index (χ1) is 17.6. The van der Waals surface area contributed by atoms with E-state index < -0.39 is 17.0 Å². The topological polar surface area (TPSA) is 116 Å². The van der Waals surface area contributed by atoms with Gasteiger partial charge in [-0.1, -0.05) is 39.0 Å². The summed E-state index contributed by atoms with van der Waals surface area (Å²) < 4.78 is 16.9. The summed E-state index contributed by atoms with van der Waals surface area (Å²) >= 11 is 0. The maximum Gasteiger partial charge on any atom is 0.344 e. The molecule has 2 aliphatic rings. The van der Waals surface area contributed by atoms with Crippen molar-refractivity contribution >= 4 is 16.8 Å². The first kappa shape index (κ1) is 24.4. The largest absolute Gasteiger partial charge is 0.497 e. The van der Waals surface area contributed by atoms with Gasteiger partial charge >= 0.3 is 5.63 Å². The number of hydrogen-bond acceptors (Lipinski definition) is 7. The van der Waals surface area contributed by atoms with Crippen LogP contribution in [0.4, 0.5) is 0 Å². The fourth-order valence-corrected chi connectivity index (χ4v) is 5.14. The third kappa shape index (κ3) is 4.19. The lowest BCUT2D eigenvalue weighted by molar-refractivity contribution is -0.116. The van der Waals surface area contributed by atoms with E-state index in [1.807, 2.05) is 32.9 Å². The van der Waals surface area contributed by atoms with Gasteiger partial charge in [-0.3, -0.25) is 4.79 Å². The molecule has 0 bridgehead atoms. The Kier molecular flexibility index (Phi) is 5.91. The summed E-state index contributed by atoms with van der Waals surface area (Å²) in [6.07, 6.45) is 1.67. The van der Waals surface area contributed by atoms with E-state index >= 15 is 0 Å². The Morgan fingerprint density at radius 1 is 1.08 bits per heavy atom. The lowest BCUT2D eigenvalue weighted by Crippen LogP contribution is -2.27. The second kappa shape index (κ2) is 8.97. The van der Waals surface area contributed by atoms with Crippen molar-refractivity contribution in [3.63, 3.8) is 0 Å². The van der Waals surface area contributed by atoms with Crippen molar-refractivity contribution in [3.8, 4) is 22.9 Å². The van der Waals surface area contributed by atoms with Crippen LogP contribution in [0.3, 0.4) is 0 Å². The molecule has 0 saturated heterocycles. The van der Waals surface area contributed by atoms with Crippen molar-refractivity contribution in [2.75, 3.05) is 7.11 Å². The smallest absolute Gasteiger partial charge is 0.344 e. The number of nitriles is 1. The Balaban J connectivity index is 1.79. The van der Waals surface area contributed by atoms with E-state index in [-0.39, 0.29) is 17.2 Å². The number of methoxy groups -OCH3 is 1. The highest BCUT2D eigenvalue weighted by molar-refractivity contribution is 6.00. The molecular formula is C30H28N2O5. The Morgan fingerprint density at radius 3 is 2.46 bits per heavy atom. The van der Waals surface area contributed by atoms with Crippen molar-refractivity contribution in [1.82, 2.24) is 0 Å². The second-order valence-corrected chi connectivity index (χ2v) is 10.5. The van der Waals surface area contributed by atoms with Gasteiger partial charge in [0.2, 0.25) is 5.88 Å². The van der Waals surface area contributed by atoms with Crippen molar-refractivity contribution < 1.29 is 18.7 Å². The maximum absolute atomic E-state index is 13.1. The zero-order valence-electron chi connectivity index (χ0n) is 21.3. The molecule has 188 valence electrons. The molecule has 0 spiro atoms. The van der Waals surface area contributed by atoms with Crippen LogP contribution >= 0.6 is 0 Å². The van der Waals surface area contributed by atoms with Gasteiger partial charge in [-0.2, -0.15) is 5.26 Å². The van der Waals surface area contributed by atoms with Crippen LogP contribution in [-0.4, -0.2) is 12.9 Å². The lowest BCUT2D eigenvalue weighted by Gasteiger charge is -2.32. The average molecular weight is 497 g/mol. The molecule has 37 heavy (non-hydrogen) atoms. The molecule has 7 nitrogen and oxygen atoms in total. The number of nitrogens with two attached hydrogens (primary N) is 1. The van der Waals surface area contributed by atoms with Gasteiger partial charge < -0.3 is 19.6 Å². The predicted molar refractivity (Wildman–Crippen MR) is 140 cm³/mol. The van der Waals surface area contributed by atoms with Crippen molar-refractivity contribution in [3.05, 3.63) is 86.8 Å². The van der Waals surface area contributed by atoms with Gasteiger partial charge in [0.1, 0.15) is 28.7 Å². The van der Waals surface area contributed by atoms with Crippen LogP contribution in [0.15, 0.2) is 74.5 Å². The molecule has 1 aliphatic heterocycles. The summed E-state index contributed by atoms with van der Waals surface area (Å²) in [5.74, 6) is 0.553. The fourth-order valence-electron chi connectivity index (χ4n) is 5.14. The molecular weight excluding hydrogens is 468 g/mol. The molecule has 1 unspecified atom stereocenters. The first-order valence-corrected chi connectivity index (χ1v) is 12.2. The Hall–Kier alpha value is -4.31. The van der Waals surface area contributed by atoms with Gasteiger partial charge in [-0.15, -0.1) is 0 Å². The summed E-state index contributed by atoms with van der Waals surface area (Å²) in [6, 6.07) is 15.0. The minimum Gasteiger partial charge on any atom is -0.497 e. The van der Waals surface area contributed by atoms with Crippen molar-refractivity contribution in [2.24, 2.45) is 5.73 Å². The lowest BCUT2D eigenvalue weighted by atomic mass is 9.75. The molecule has 5 rings (SSSR count). The van der Waals surface area contributed by atoms with Gasteiger partial charge in [0.15, 0.2) is 5.78 Å². The van der Waals surface area contributed by atoms with Crippen molar-refractivity contribution in [1.29, 1.82) is 5.26 Å². The van der Waals surface area contributed by atoms with Crippen molar-refractivity contribution in [2.45, 2.75) is 51.4 Å². The number of ether oxygens (including phenoxy) is 2. The molecule has 0 fully saturated rings. The van der Waals surface area contributed by atoms with E-state index in [0.717, 1.165) is 11.1 Å². The van der Waals surface area contributed by atoms with Gasteiger partial charge in [0.25, 0.3) is 0 Å². The molecule has 0 saturated carbocycles. The number of carbonyl (C=O) groups excluding carboxylic acids is 1. The number of rotatable bonds is 3. The molecule has 2 heterocycles. The summed E-state index contributed by atoms with van der Waals surface area (Å²) in [5.41, 5.74) is 9.13. The Morgan fingerprint density at radius 2 is 1.81 bits per heavy atom. The van der Waals surface area contributed by atoms with Gasteiger partial charge in [0, 0.05) is 29.4 Å². The summed E-state index contributed by atoms with van der Waals surface area (Å²) in [7, 11) is 1.58. The number of ketones is 1. The van der Waals surface area contributed by atoms with Crippen LogP contribution < -0.4 is 16.1 Å². The molecule has 2 N–H and O–H groups in total. The van der Waals surface area contributed by atoms with E-state index in [1.165, 1.54) is 0 Å². The predicted octanol–water partition coefficient (Wildman–Crippen LogP) is 5.58. The highest BCUT2D eigenvalue weighted by atomic mass is 16.5. The Labute approximate surface area is 214 Å². The SMILES string of the molecule is COc1ccc(-c2cc3cc(C4C(C#N)=C(N)OC5=C4C(=O)CCC5)cc(C(C)(C)C)c3oc2=O)cc1. The quantitative estimate of drug-likeness (QED) is 0.471. The second-order valence-electron chi connectivity index (χ2n) is 10.5. The maximum atomic E-state index is 13.1. The minimum atomic E-state index is -0.650. The Bertz CT molecular complexity index is 1590. The van der Waals surface area contributed by atoms with E-state index in [1.54, 1.807) is 37.4 Å². The average Bonchev–Trinajstić information content (AvgIpc) is 2.86. The number of Topliss-reactive ketones (excluding diaryl/α,β-unsaturated/α-hetero) is 1. The zero-order valence-corrected chi connectivity index (χ0v) is 21.3. The van der Waals surface area contributed by atoms with Crippen LogP contribution in [0.5, 0.6) is 5.75 Å². The summed E-state index contributed by atoms with van der Waals surface area (Å²) in [4.78, 5) is 26.2. The van der Waals surface area contributed by atoms with Crippen LogP contribution in [0.25, 0.3) is 22.1 Å². The molecule has 0 amide bonds. The first-order valence-electron chi connectivity index (χ1n) is 12.2. The molecule has 3 aromatic rings. The van der Waals surface area contributed by atoms with E-state index in [2.05, 4.69) is 6.07 Å². The minimum absolute atomic E-state index is 0.0249. The van der Waals surface area contributed by atoms with Crippen LogP contribution in [0, 0.1) is 11.3 Å². The molecule has 2 aromatic carbocycles. The highest BCUT2D eigenvalue weighted by Crippen LogP contribution is 2.45. The number of nitrogens with zero attached hydrogens (tertiary/aromatic N) is 1. The number of hydrogen-bond donors (Lipinski definition) is 1. The molecule has 1 aliphatic carbocycles. The highest BCUT2D eigenvalue weighted by Gasteiger charge is 2.39. The van der Waals surface area contributed by atoms with Gasteiger partial charge in [-0.25, -0.2) is 4.79 Å². The van der Waals surface area contributed by atoms with Gasteiger partial charge in [0.05, 0.1) is 18.6 Å². The fraction of sp³-hybridized carbons (Fsp3) is 0.300. The van der Waals surface area contributed by atoms with E-state index in [9.17, 15) is 14.9 Å². The van der Waals surface area contributed by atoms with Crippen LogP contribution in [0.2, 0.25) is 0 Å². The number of carbonyl (C=O) groups is 1. The van der Waals surface area contributed by atoms with E-state index in [4.69, 9.17) is 19.6 Å². The third-order valence-electron chi connectivity index (χ3n) is 7.00. The summed E-state index contributed by atoms with van der Waals surface area (Å²) in [5, 5.41) is 10.7. The molecule has 7 heteroatoms. The van der Waals surface area contributed by atoms with Gasteiger partial charge in [-0.05, 0) is 47.2 Å². The number of fused-ring (bicyclic) bond motifs is 1. The zero-order chi connectivity index (χ0) is 26.5. The molecule has 1 atom stereocenters.